The Kier molecular flexibility index (Phi) is 6.37. The number of Topliss-reactive ketones (excluding diaryl/α,β-unsaturated/α-hetero) is 1. The highest BCUT2D eigenvalue weighted by molar-refractivity contribution is 5.98. The molecule has 30 heavy (non-hydrogen) atoms. The van der Waals surface area contributed by atoms with E-state index in [1.54, 1.807) is 19.4 Å². The lowest BCUT2D eigenvalue weighted by Crippen LogP contribution is -2.38. The summed E-state index contributed by atoms with van der Waals surface area (Å²) in [7, 11) is 3.62. The lowest BCUT2D eigenvalue weighted by Gasteiger charge is -2.29. The van der Waals surface area contributed by atoms with E-state index in [-0.39, 0.29) is 23.5 Å². The Bertz CT molecular complexity index is 992. The standard InChI is InChI=1S/C23H29N5O2/c1-23(2,3)17(22(30)24-4)13-19(29)21-18-15-27(5)11-12-28(18)20(26-21)9-8-16-7-6-10-25-14-16/h6-7,10,14,17H,11-13,15H2,1-5H3,(H,24,30)/t17-/m1/s1. The number of amides is 1. The van der Waals surface area contributed by atoms with E-state index in [9.17, 15) is 9.59 Å². The molecule has 1 aliphatic rings. The molecule has 1 amide bonds. The Morgan fingerprint density at radius 3 is 2.67 bits per heavy atom. The van der Waals surface area contributed by atoms with E-state index in [2.05, 4.69) is 32.0 Å². The molecule has 7 nitrogen and oxygen atoms in total. The predicted molar refractivity (Wildman–Crippen MR) is 115 cm³/mol. The molecule has 0 saturated carbocycles. The summed E-state index contributed by atoms with van der Waals surface area (Å²) in [6.07, 6.45) is 3.52. The van der Waals surface area contributed by atoms with Crippen molar-refractivity contribution in [2.24, 2.45) is 11.3 Å². The van der Waals surface area contributed by atoms with Gasteiger partial charge in [0.05, 0.1) is 11.6 Å². The lowest BCUT2D eigenvalue weighted by atomic mass is 9.77. The van der Waals surface area contributed by atoms with Crippen LogP contribution in [-0.4, -0.2) is 51.8 Å². The van der Waals surface area contributed by atoms with Gasteiger partial charge in [-0.1, -0.05) is 26.7 Å². The molecule has 0 radical (unpaired) electrons. The monoisotopic (exact) mass is 407 g/mol. The molecular weight excluding hydrogens is 378 g/mol. The zero-order valence-electron chi connectivity index (χ0n) is 18.3. The van der Waals surface area contributed by atoms with Crippen LogP contribution in [0.2, 0.25) is 0 Å². The molecule has 0 spiro atoms. The van der Waals surface area contributed by atoms with E-state index in [0.29, 0.717) is 18.1 Å². The van der Waals surface area contributed by atoms with Gasteiger partial charge in [-0.15, -0.1) is 0 Å². The molecule has 0 unspecified atom stereocenters. The van der Waals surface area contributed by atoms with Crippen LogP contribution in [0.25, 0.3) is 0 Å². The van der Waals surface area contributed by atoms with Crippen LogP contribution in [0.4, 0.5) is 0 Å². The summed E-state index contributed by atoms with van der Waals surface area (Å²) < 4.78 is 2.03. The fourth-order valence-corrected chi connectivity index (χ4v) is 3.62. The molecule has 0 aliphatic carbocycles. The molecule has 1 atom stereocenters. The number of fused-ring (bicyclic) bond motifs is 1. The Morgan fingerprint density at radius 2 is 2.03 bits per heavy atom. The van der Waals surface area contributed by atoms with Gasteiger partial charge in [0.15, 0.2) is 11.6 Å². The number of pyridine rings is 1. The fraction of sp³-hybridized carbons (Fsp3) is 0.478. The number of nitrogens with zero attached hydrogens (tertiary/aromatic N) is 4. The largest absolute Gasteiger partial charge is 0.359 e. The minimum atomic E-state index is -0.432. The van der Waals surface area contributed by atoms with E-state index < -0.39 is 5.92 Å². The Hall–Kier alpha value is -2.98. The Balaban J connectivity index is 1.96. The number of carbonyl (C=O) groups is 2. The van der Waals surface area contributed by atoms with Gasteiger partial charge in [-0.25, -0.2) is 4.98 Å². The smallest absolute Gasteiger partial charge is 0.223 e. The molecule has 1 aliphatic heterocycles. The van der Waals surface area contributed by atoms with Crippen molar-refractivity contribution in [1.82, 2.24) is 24.8 Å². The maximum absolute atomic E-state index is 13.3. The molecule has 0 bridgehead atoms. The van der Waals surface area contributed by atoms with Gasteiger partial charge >= 0.3 is 0 Å². The van der Waals surface area contributed by atoms with Gasteiger partial charge in [0, 0.05) is 51.1 Å². The molecule has 2 aromatic heterocycles. The van der Waals surface area contributed by atoms with Crippen LogP contribution in [0.15, 0.2) is 24.5 Å². The van der Waals surface area contributed by atoms with E-state index in [4.69, 9.17) is 0 Å². The Morgan fingerprint density at radius 1 is 1.27 bits per heavy atom. The molecule has 2 aromatic rings. The summed E-state index contributed by atoms with van der Waals surface area (Å²) >= 11 is 0. The summed E-state index contributed by atoms with van der Waals surface area (Å²) in [5.41, 5.74) is 1.75. The number of likely N-dealkylation sites (N-methyl/N-ethyl adjacent to an activating group) is 1. The molecule has 0 aromatic carbocycles. The summed E-state index contributed by atoms with van der Waals surface area (Å²) in [5, 5.41) is 2.69. The summed E-state index contributed by atoms with van der Waals surface area (Å²) in [6, 6.07) is 3.72. The van der Waals surface area contributed by atoms with Crippen molar-refractivity contribution < 1.29 is 9.59 Å². The number of aromatic nitrogens is 3. The van der Waals surface area contributed by atoms with Crippen molar-refractivity contribution in [3.8, 4) is 11.8 Å². The van der Waals surface area contributed by atoms with Gasteiger partial charge in [-0.05, 0) is 30.5 Å². The molecule has 3 heterocycles. The molecule has 3 rings (SSSR count). The van der Waals surface area contributed by atoms with Crippen molar-refractivity contribution in [3.05, 3.63) is 47.3 Å². The van der Waals surface area contributed by atoms with E-state index in [1.807, 2.05) is 44.5 Å². The van der Waals surface area contributed by atoms with Gasteiger partial charge in [-0.2, -0.15) is 0 Å². The molecule has 0 fully saturated rings. The molecule has 7 heteroatoms. The normalized spacial score (nSPS) is 15.0. The topological polar surface area (TPSA) is 80.1 Å². The van der Waals surface area contributed by atoms with Crippen molar-refractivity contribution in [2.45, 2.75) is 40.3 Å². The van der Waals surface area contributed by atoms with Crippen molar-refractivity contribution in [3.63, 3.8) is 0 Å². The summed E-state index contributed by atoms with van der Waals surface area (Å²) in [4.78, 5) is 36.5. The zero-order valence-corrected chi connectivity index (χ0v) is 18.3. The third kappa shape index (κ3) is 4.77. The fourth-order valence-electron chi connectivity index (χ4n) is 3.62. The average Bonchev–Trinajstić information content (AvgIpc) is 3.07. The van der Waals surface area contributed by atoms with Crippen LogP contribution in [0.5, 0.6) is 0 Å². The first-order valence-electron chi connectivity index (χ1n) is 10.2. The minimum absolute atomic E-state index is 0.117. The van der Waals surface area contributed by atoms with E-state index >= 15 is 0 Å². The van der Waals surface area contributed by atoms with Crippen molar-refractivity contribution in [1.29, 1.82) is 0 Å². The molecule has 158 valence electrons. The number of carbonyl (C=O) groups excluding carboxylic acids is 2. The van der Waals surface area contributed by atoms with E-state index in [0.717, 1.165) is 24.3 Å². The first-order chi connectivity index (χ1) is 14.2. The minimum Gasteiger partial charge on any atom is -0.359 e. The van der Waals surface area contributed by atoms with Crippen molar-refractivity contribution in [2.75, 3.05) is 20.6 Å². The van der Waals surface area contributed by atoms with Crippen LogP contribution in [0.1, 0.15) is 54.8 Å². The van der Waals surface area contributed by atoms with Crippen LogP contribution in [0.3, 0.4) is 0 Å². The van der Waals surface area contributed by atoms with Crippen LogP contribution >= 0.6 is 0 Å². The number of hydrogen-bond acceptors (Lipinski definition) is 5. The van der Waals surface area contributed by atoms with E-state index in [1.165, 1.54) is 0 Å². The third-order valence-electron chi connectivity index (χ3n) is 5.44. The first-order valence-corrected chi connectivity index (χ1v) is 10.2. The maximum atomic E-state index is 13.3. The van der Waals surface area contributed by atoms with Gasteiger partial charge in [-0.3, -0.25) is 19.5 Å². The second-order valence-electron chi connectivity index (χ2n) is 8.77. The number of imidazole rings is 1. The lowest BCUT2D eigenvalue weighted by molar-refractivity contribution is -0.127. The number of nitrogens with one attached hydrogen (secondary N) is 1. The summed E-state index contributed by atoms with van der Waals surface area (Å²) in [6.45, 7) is 8.13. The first kappa shape index (κ1) is 21.7. The highest BCUT2D eigenvalue weighted by Gasteiger charge is 2.35. The molecule has 1 N–H and O–H groups in total. The highest BCUT2D eigenvalue weighted by atomic mass is 16.2. The quantitative estimate of drug-likeness (QED) is 0.620. The van der Waals surface area contributed by atoms with Crippen LogP contribution in [-0.2, 0) is 17.9 Å². The average molecular weight is 408 g/mol. The van der Waals surface area contributed by atoms with Gasteiger partial charge in [0.1, 0.15) is 5.69 Å². The molecular formula is C23H29N5O2. The van der Waals surface area contributed by atoms with Crippen LogP contribution in [0, 0.1) is 23.2 Å². The second kappa shape index (κ2) is 8.80. The van der Waals surface area contributed by atoms with Crippen molar-refractivity contribution >= 4 is 11.7 Å². The second-order valence-corrected chi connectivity index (χ2v) is 8.77. The van der Waals surface area contributed by atoms with Crippen LogP contribution < -0.4 is 5.32 Å². The maximum Gasteiger partial charge on any atom is 0.223 e. The highest BCUT2D eigenvalue weighted by Crippen LogP contribution is 2.31. The third-order valence-corrected chi connectivity index (χ3v) is 5.44. The predicted octanol–water partition coefficient (Wildman–Crippen LogP) is 2.10. The zero-order chi connectivity index (χ0) is 21.9. The van der Waals surface area contributed by atoms with Gasteiger partial charge < -0.3 is 9.88 Å². The van der Waals surface area contributed by atoms with Gasteiger partial charge in [0.2, 0.25) is 5.91 Å². The Labute approximate surface area is 177 Å². The van der Waals surface area contributed by atoms with Gasteiger partial charge in [0.25, 0.3) is 0 Å². The summed E-state index contributed by atoms with van der Waals surface area (Å²) in [5.74, 6) is 6.09. The molecule has 0 saturated heterocycles. The number of hydrogen-bond donors (Lipinski definition) is 1. The number of rotatable bonds is 4. The number of ketones is 1. The SMILES string of the molecule is CNC(=O)[C@@H](CC(=O)c1nc(C#Cc2cccnc2)n2c1CN(C)CC2)C(C)(C)C.